The van der Waals surface area contributed by atoms with E-state index in [4.69, 9.17) is 14.2 Å². The standard InChI is InChI=1S/C22H26F2N6O4S.C18H19F2N5O/c1-27-14-26-17-11-25-21(10-19(17)27)28(2)18-4-3-15(9-20(18)34-22(23)24)16-12-30(13-16)35(31,32)29-5-7-33-8-6-29;1-24-10-23-13-9-22-17(6-15(13)24)25(2)14-4-3-11(12-7-21-8-12)5-16(14)26-18(19)20/h3-4,9-11,14,16,22H,5-8,12-13H2,1-2H3;3-6,9-10,12,18,21H,7-8H2,1-2H3. The maximum atomic E-state index is 13.3. The molecule has 3 aliphatic rings. The first-order valence-corrected chi connectivity index (χ1v) is 20.9. The first-order chi connectivity index (χ1) is 29.3. The third kappa shape index (κ3) is 8.78. The maximum absolute atomic E-state index is 13.3. The van der Waals surface area contributed by atoms with E-state index in [2.05, 4.69) is 25.3 Å². The number of alkyl halides is 4. The van der Waals surface area contributed by atoms with Crippen LogP contribution < -0.4 is 24.6 Å². The van der Waals surface area contributed by atoms with Crippen molar-refractivity contribution in [3.8, 4) is 11.5 Å². The molecule has 9 rings (SSSR count). The van der Waals surface area contributed by atoms with Crippen molar-refractivity contribution < 1.29 is 40.2 Å². The van der Waals surface area contributed by atoms with Crippen molar-refractivity contribution in [1.82, 2.24) is 43.0 Å². The number of benzene rings is 2. The quantitative estimate of drug-likeness (QED) is 0.159. The van der Waals surface area contributed by atoms with E-state index < -0.39 is 23.4 Å². The van der Waals surface area contributed by atoms with Gasteiger partial charge in [-0.15, -0.1) is 0 Å². The summed E-state index contributed by atoms with van der Waals surface area (Å²) in [5.41, 5.74) is 5.96. The summed E-state index contributed by atoms with van der Waals surface area (Å²) in [5, 5.41) is 3.19. The fourth-order valence-corrected chi connectivity index (χ4v) is 9.13. The summed E-state index contributed by atoms with van der Waals surface area (Å²) in [7, 11) is 3.70. The molecule has 0 bridgehead atoms. The summed E-state index contributed by atoms with van der Waals surface area (Å²) in [6.07, 6.45) is 6.69. The highest BCUT2D eigenvalue weighted by Gasteiger charge is 2.40. The van der Waals surface area contributed by atoms with Crippen molar-refractivity contribution in [2.45, 2.75) is 25.1 Å². The number of pyridine rings is 2. The average molecular weight is 868 g/mol. The summed E-state index contributed by atoms with van der Waals surface area (Å²) in [6.45, 7) is -2.22. The lowest BCUT2D eigenvalue weighted by Crippen LogP contribution is -2.56. The molecular formula is C40H45F4N11O5S. The second-order valence-corrected chi connectivity index (χ2v) is 16.9. The lowest BCUT2D eigenvalue weighted by molar-refractivity contribution is -0.0502. The minimum atomic E-state index is -3.56. The molecule has 61 heavy (non-hydrogen) atoms. The lowest BCUT2D eigenvalue weighted by Gasteiger charge is -2.42. The number of aryl methyl sites for hydroxylation is 2. The Morgan fingerprint density at radius 3 is 1.62 bits per heavy atom. The highest BCUT2D eigenvalue weighted by atomic mass is 32.2. The van der Waals surface area contributed by atoms with Gasteiger partial charge in [-0.2, -0.15) is 34.6 Å². The molecule has 21 heteroatoms. The number of aromatic nitrogens is 6. The Balaban J connectivity index is 0.000000176. The molecule has 4 aromatic heterocycles. The van der Waals surface area contributed by atoms with Crippen molar-refractivity contribution in [1.29, 1.82) is 0 Å². The Bertz CT molecular complexity index is 2610. The number of fused-ring (bicyclic) bond motifs is 2. The fourth-order valence-electron chi connectivity index (χ4n) is 7.46. The van der Waals surface area contributed by atoms with Gasteiger partial charge in [0.15, 0.2) is 0 Å². The molecule has 0 saturated carbocycles. The van der Waals surface area contributed by atoms with Crippen LogP contribution in [0.5, 0.6) is 11.5 Å². The second kappa shape index (κ2) is 17.4. The van der Waals surface area contributed by atoms with E-state index in [1.807, 2.05) is 47.5 Å². The Kier molecular flexibility index (Phi) is 12.0. The van der Waals surface area contributed by atoms with Crippen molar-refractivity contribution in [2.24, 2.45) is 14.1 Å². The lowest BCUT2D eigenvalue weighted by atomic mass is 9.93. The smallest absolute Gasteiger partial charge is 0.387 e. The van der Waals surface area contributed by atoms with Crippen LogP contribution in [0.15, 0.2) is 73.6 Å². The van der Waals surface area contributed by atoms with Crippen molar-refractivity contribution in [2.75, 3.05) is 76.4 Å². The van der Waals surface area contributed by atoms with Crippen LogP contribution in [-0.4, -0.2) is 126 Å². The molecule has 0 amide bonds. The topological polar surface area (TPSA) is 148 Å². The van der Waals surface area contributed by atoms with Crippen molar-refractivity contribution in [3.63, 3.8) is 0 Å². The highest BCUT2D eigenvalue weighted by molar-refractivity contribution is 7.86. The Labute approximate surface area is 349 Å². The molecule has 6 aromatic rings. The van der Waals surface area contributed by atoms with Crippen LogP contribution in [-0.2, 0) is 29.0 Å². The normalized spacial score (nSPS) is 16.7. The van der Waals surface area contributed by atoms with Crippen LogP contribution in [0.25, 0.3) is 22.1 Å². The molecule has 3 fully saturated rings. The van der Waals surface area contributed by atoms with E-state index in [0.717, 1.165) is 46.3 Å². The Morgan fingerprint density at radius 1 is 0.705 bits per heavy atom. The first kappa shape index (κ1) is 42.1. The molecule has 0 atom stereocenters. The van der Waals surface area contributed by atoms with Gasteiger partial charge in [0.1, 0.15) is 34.2 Å². The van der Waals surface area contributed by atoms with Crippen LogP contribution in [0.2, 0.25) is 0 Å². The zero-order valence-corrected chi connectivity index (χ0v) is 34.6. The van der Waals surface area contributed by atoms with Gasteiger partial charge in [-0.3, -0.25) is 0 Å². The van der Waals surface area contributed by atoms with Crippen LogP contribution in [0.1, 0.15) is 23.0 Å². The number of ether oxygens (including phenoxy) is 3. The summed E-state index contributed by atoms with van der Waals surface area (Å²) >= 11 is 0. The van der Waals surface area contributed by atoms with Crippen LogP contribution >= 0.6 is 0 Å². The molecule has 3 saturated heterocycles. The number of imidazole rings is 2. The van der Waals surface area contributed by atoms with Crippen molar-refractivity contribution in [3.05, 3.63) is 84.7 Å². The number of hydrogen-bond donors (Lipinski definition) is 1. The molecule has 3 aliphatic heterocycles. The van der Waals surface area contributed by atoms with Gasteiger partial charge in [-0.1, -0.05) is 12.1 Å². The summed E-state index contributed by atoms with van der Waals surface area (Å²) in [4.78, 5) is 20.7. The molecule has 0 radical (unpaired) electrons. The van der Waals surface area contributed by atoms with E-state index in [1.54, 1.807) is 73.2 Å². The van der Waals surface area contributed by atoms with Crippen LogP contribution in [0.3, 0.4) is 0 Å². The van der Waals surface area contributed by atoms with E-state index in [9.17, 15) is 26.0 Å². The zero-order valence-electron chi connectivity index (χ0n) is 33.8. The van der Waals surface area contributed by atoms with Gasteiger partial charge in [0.05, 0.1) is 60.7 Å². The zero-order chi connectivity index (χ0) is 43.0. The van der Waals surface area contributed by atoms with Crippen LogP contribution in [0.4, 0.5) is 40.6 Å². The maximum Gasteiger partial charge on any atom is 0.387 e. The minimum absolute atomic E-state index is 0.00129. The van der Waals surface area contributed by atoms with E-state index in [-0.39, 0.29) is 30.5 Å². The van der Waals surface area contributed by atoms with Gasteiger partial charge in [-0.25, -0.2) is 19.9 Å². The molecule has 1 N–H and O–H groups in total. The number of nitrogens with one attached hydrogen (secondary N) is 1. The predicted octanol–water partition coefficient (Wildman–Crippen LogP) is 5.34. The molecule has 0 spiro atoms. The average Bonchev–Trinajstić information content (AvgIpc) is 3.77. The highest BCUT2D eigenvalue weighted by Crippen LogP contribution is 2.40. The van der Waals surface area contributed by atoms with E-state index >= 15 is 0 Å². The van der Waals surface area contributed by atoms with Gasteiger partial charge < -0.3 is 38.5 Å². The SMILES string of the molecule is CN(c1cc2c(cn1)ncn2C)c1ccc(C2CN(S(=O)(=O)N3CCOCC3)C2)cc1OC(F)F.CN(c1cc2c(cn1)ncn2C)c1ccc(C2CNC2)cc1OC(F)F. The molecule has 2 aromatic carbocycles. The van der Waals surface area contributed by atoms with E-state index in [1.165, 1.54) is 8.61 Å². The third-order valence-corrected chi connectivity index (χ3v) is 13.2. The van der Waals surface area contributed by atoms with Gasteiger partial charge >= 0.3 is 13.2 Å². The summed E-state index contributed by atoms with van der Waals surface area (Å²) < 4.78 is 99.5. The monoisotopic (exact) mass is 867 g/mol. The molecule has 7 heterocycles. The third-order valence-electron chi connectivity index (χ3n) is 11.2. The first-order valence-electron chi connectivity index (χ1n) is 19.5. The Hall–Kier alpha value is -5.61. The van der Waals surface area contributed by atoms with E-state index in [0.29, 0.717) is 55.2 Å². The van der Waals surface area contributed by atoms with Gasteiger partial charge in [0.25, 0.3) is 10.2 Å². The second-order valence-electron chi connectivity index (χ2n) is 15.0. The van der Waals surface area contributed by atoms with Crippen LogP contribution in [0, 0.1) is 0 Å². The van der Waals surface area contributed by atoms with Gasteiger partial charge in [0, 0.05) is 91.4 Å². The molecule has 0 aliphatic carbocycles. The van der Waals surface area contributed by atoms with Gasteiger partial charge in [0.2, 0.25) is 0 Å². The predicted molar refractivity (Wildman–Crippen MR) is 221 cm³/mol. The molecule has 324 valence electrons. The molecule has 16 nitrogen and oxygen atoms in total. The number of anilines is 4. The Morgan fingerprint density at radius 2 is 1.18 bits per heavy atom. The summed E-state index contributed by atoms with van der Waals surface area (Å²) in [6, 6.07) is 14.2. The summed E-state index contributed by atoms with van der Waals surface area (Å²) in [5.74, 6) is 1.53. The largest absolute Gasteiger partial charge is 0.433 e. The minimum Gasteiger partial charge on any atom is -0.433 e. The number of rotatable bonds is 12. The molecular weight excluding hydrogens is 823 g/mol. The molecule has 0 unspecified atom stereocenters. The van der Waals surface area contributed by atoms with Gasteiger partial charge in [-0.05, 0) is 35.4 Å². The number of hydrogen-bond acceptors (Lipinski definition) is 12. The van der Waals surface area contributed by atoms with Crippen molar-refractivity contribution >= 4 is 55.3 Å². The number of halogens is 4. The fraction of sp³-hybridized carbons (Fsp3) is 0.400. The number of nitrogens with zero attached hydrogens (tertiary/aromatic N) is 10. The number of morpholine rings is 1.